The van der Waals surface area contributed by atoms with Gasteiger partial charge in [0.05, 0.1) is 18.6 Å². The number of carboxylic acid groups (broad SMARTS) is 1. The summed E-state index contributed by atoms with van der Waals surface area (Å²) in [6.45, 7) is 24.1. The first-order chi connectivity index (χ1) is 41.4. The second-order valence-corrected chi connectivity index (χ2v) is 24.2. The Morgan fingerprint density at radius 2 is 1.39 bits per heavy atom. The van der Waals surface area contributed by atoms with Crippen LogP contribution in [0.5, 0.6) is 0 Å². The number of primary amides is 1. The van der Waals surface area contributed by atoms with Crippen LogP contribution in [0.15, 0.2) is 115 Å². The van der Waals surface area contributed by atoms with Crippen LogP contribution >= 0.6 is 0 Å². The van der Waals surface area contributed by atoms with E-state index in [0.717, 1.165) is 22.4 Å². The number of aliphatic carboxylic acids is 1. The van der Waals surface area contributed by atoms with Crippen LogP contribution in [0, 0.1) is 17.3 Å². The van der Waals surface area contributed by atoms with Gasteiger partial charge in [0.25, 0.3) is 0 Å². The van der Waals surface area contributed by atoms with Crippen LogP contribution in [0.25, 0.3) is 6.08 Å². The molecule has 4 aromatic carbocycles. The van der Waals surface area contributed by atoms with Crippen molar-refractivity contribution < 1.29 is 53.0 Å². The van der Waals surface area contributed by atoms with E-state index >= 15 is 0 Å². The smallest absolute Gasteiger partial charge is 0.411 e. The standard InChI is InChI=1S/C67H92N10O11/c1-15-45-23-17-18-25-47(45)39-77(52-29-20-19-24-46(52)16-2)55(79)35-34-54(78)74-56(42(5)6)60(81)73-51(28-22-36-70-64(68)86)59(80)71-49-32-30-44(31-33-49)40-88-65(87)72-50-27-21-26-48(38-50)67(11,12)57(69-13)61(82)75-58(66(8,9)10)62(83)76(14)53(41(3)4)37-43(7)63(84)85/h15,17-21,23-27,29-33,37-38,41-42,51,53,56-58,69H,1,16,22,28,34-36,39-40H2,2-14H3,(H,71,80)(H,72,87)(H,73,81)(H,74,78)(H,75,82)(H,84,85)(H3,68,70,86)/b43-37+/t51-,53+,56-,57+,58+/m0/s1. The molecule has 0 aliphatic rings. The van der Waals surface area contributed by atoms with Gasteiger partial charge in [-0.05, 0) is 109 Å². The van der Waals surface area contributed by atoms with Crippen molar-refractivity contribution in [2.24, 2.45) is 23.0 Å². The van der Waals surface area contributed by atoms with E-state index in [1.165, 1.54) is 11.8 Å². The Hall–Kier alpha value is -8.85. The molecular formula is C67H92N10O11. The summed E-state index contributed by atoms with van der Waals surface area (Å²) in [5.41, 5.74) is 9.19. The molecule has 0 spiro atoms. The minimum atomic E-state index is -1.13. The molecule has 5 atom stereocenters. The number of para-hydroxylation sites is 1. The fourth-order valence-corrected chi connectivity index (χ4v) is 10.1. The quantitative estimate of drug-likeness (QED) is 0.0169. The molecule has 0 heterocycles. The van der Waals surface area contributed by atoms with Crippen molar-refractivity contribution >= 4 is 76.7 Å². The number of urea groups is 1. The van der Waals surface area contributed by atoms with Crippen molar-refractivity contribution in [3.8, 4) is 0 Å². The molecule has 0 aliphatic carbocycles. The Morgan fingerprint density at radius 3 is 1.98 bits per heavy atom. The summed E-state index contributed by atoms with van der Waals surface area (Å²) in [6.07, 6.45) is 3.16. The summed E-state index contributed by atoms with van der Waals surface area (Å²) in [7, 11) is 3.24. The number of hydrogen-bond donors (Lipinski definition) is 9. The third-order valence-electron chi connectivity index (χ3n) is 15.4. The molecule has 0 aliphatic heterocycles. The van der Waals surface area contributed by atoms with E-state index in [-0.39, 0.29) is 68.7 Å². The average molecular weight is 1210 g/mol. The Morgan fingerprint density at radius 1 is 0.739 bits per heavy atom. The number of nitrogens with one attached hydrogen (secondary N) is 7. The molecule has 4 aromatic rings. The number of nitrogens with zero attached hydrogens (tertiary/aromatic N) is 2. The maximum Gasteiger partial charge on any atom is 0.411 e. The zero-order valence-corrected chi connectivity index (χ0v) is 53.3. The number of carbonyl (C=O) groups excluding carboxylic acids is 8. The van der Waals surface area contributed by atoms with Crippen molar-refractivity contribution in [1.29, 1.82) is 0 Å². The molecule has 0 saturated heterocycles. The molecule has 0 unspecified atom stereocenters. The fraction of sp³-hybridized carbons (Fsp3) is 0.448. The number of amides is 9. The van der Waals surface area contributed by atoms with Crippen LogP contribution in [0.1, 0.15) is 130 Å². The van der Waals surface area contributed by atoms with Crippen LogP contribution in [0.2, 0.25) is 0 Å². The number of anilines is 3. The van der Waals surface area contributed by atoms with Gasteiger partial charge in [-0.1, -0.05) is 155 Å². The van der Waals surface area contributed by atoms with Crippen LogP contribution in [0.4, 0.5) is 26.7 Å². The average Bonchev–Trinajstić information content (AvgIpc) is 1.92. The topological polar surface area (TPSA) is 300 Å². The van der Waals surface area contributed by atoms with Gasteiger partial charge in [-0.25, -0.2) is 14.4 Å². The number of benzene rings is 4. The molecule has 0 fully saturated rings. The molecule has 10 N–H and O–H groups in total. The Bertz CT molecular complexity index is 3130. The second kappa shape index (κ2) is 33.3. The summed E-state index contributed by atoms with van der Waals surface area (Å²) in [4.78, 5) is 123. The number of ether oxygens (including phenoxy) is 1. The van der Waals surface area contributed by atoms with Gasteiger partial charge in [-0.2, -0.15) is 0 Å². The van der Waals surface area contributed by atoms with Crippen molar-refractivity contribution in [2.75, 3.05) is 36.2 Å². The summed E-state index contributed by atoms with van der Waals surface area (Å²) in [5.74, 6) is -4.50. The van der Waals surface area contributed by atoms with Crippen molar-refractivity contribution in [1.82, 2.24) is 31.5 Å². The maximum absolute atomic E-state index is 14.2. The highest BCUT2D eigenvalue weighted by molar-refractivity contribution is 6.00. The number of nitrogens with two attached hydrogens (primary N) is 1. The van der Waals surface area contributed by atoms with Gasteiger partial charge in [-0.3, -0.25) is 34.1 Å². The summed E-state index contributed by atoms with van der Waals surface area (Å²) in [5, 5.41) is 29.3. The highest BCUT2D eigenvalue weighted by Crippen LogP contribution is 2.32. The number of aryl methyl sites for hydroxylation is 1. The first-order valence-electron chi connectivity index (χ1n) is 29.8. The monoisotopic (exact) mass is 1210 g/mol. The number of hydrogen-bond acceptors (Lipinski definition) is 11. The lowest BCUT2D eigenvalue weighted by molar-refractivity contribution is -0.141. The molecule has 4 rings (SSSR count). The molecule has 9 amide bonds. The first kappa shape index (κ1) is 71.6. The number of likely N-dealkylation sites (N-methyl/N-ethyl adjacent to an activating group) is 2. The molecule has 88 heavy (non-hydrogen) atoms. The van der Waals surface area contributed by atoms with Crippen LogP contribution in [0.3, 0.4) is 0 Å². The van der Waals surface area contributed by atoms with Gasteiger partial charge < -0.3 is 57.3 Å². The van der Waals surface area contributed by atoms with Gasteiger partial charge >= 0.3 is 18.1 Å². The lowest BCUT2D eigenvalue weighted by Crippen LogP contribution is -2.61. The maximum atomic E-state index is 14.2. The van der Waals surface area contributed by atoms with E-state index in [0.29, 0.717) is 28.9 Å². The molecule has 476 valence electrons. The first-order valence-corrected chi connectivity index (χ1v) is 29.8. The van der Waals surface area contributed by atoms with E-state index in [4.69, 9.17) is 10.5 Å². The molecule has 0 saturated carbocycles. The number of carboxylic acids is 1. The van der Waals surface area contributed by atoms with Crippen molar-refractivity contribution in [3.63, 3.8) is 0 Å². The summed E-state index contributed by atoms with van der Waals surface area (Å²) in [6, 6.07) is 23.3. The third-order valence-corrected chi connectivity index (χ3v) is 15.4. The van der Waals surface area contributed by atoms with E-state index < -0.39 is 88.7 Å². The zero-order valence-electron chi connectivity index (χ0n) is 53.3. The van der Waals surface area contributed by atoms with Crippen LogP contribution in [-0.2, 0) is 63.3 Å². The van der Waals surface area contributed by atoms with Gasteiger partial charge in [-0.15, -0.1) is 0 Å². The predicted molar refractivity (Wildman–Crippen MR) is 344 cm³/mol. The van der Waals surface area contributed by atoms with E-state index in [9.17, 15) is 48.3 Å². The highest BCUT2D eigenvalue weighted by Gasteiger charge is 2.42. The van der Waals surface area contributed by atoms with E-state index in [1.807, 2.05) is 110 Å². The van der Waals surface area contributed by atoms with Gasteiger partial charge in [0.2, 0.25) is 35.4 Å². The van der Waals surface area contributed by atoms with Gasteiger partial charge in [0.1, 0.15) is 24.7 Å². The number of rotatable bonds is 31. The molecular weight excluding hydrogens is 1120 g/mol. The Kier molecular flexibility index (Phi) is 27.1. The Labute approximate surface area is 518 Å². The van der Waals surface area contributed by atoms with E-state index in [2.05, 4.69) is 43.8 Å². The second-order valence-electron chi connectivity index (χ2n) is 24.2. The molecule has 21 nitrogen and oxygen atoms in total. The molecule has 0 radical (unpaired) electrons. The normalized spacial score (nSPS) is 13.4. The molecule has 0 aromatic heterocycles. The van der Waals surface area contributed by atoms with Crippen molar-refractivity contribution in [2.45, 2.75) is 157 Å². The summed E-state index contributed by atoms with van der Waals surface area (Å²) >= 11 is 0. The van der Waals surface area contributed by atoms with E-state index in [1.54, 1.807) is 87.5 Å². The number of carbonyl (C=O) groups is 9. The third kappa shape index (κ3) is 20.9. The highest BCUT2D eigenvalue weighted by atomic mass is 16.5. The minimum absolute atomic E-state index is 0.0804. The SMILES string of the molecule is C=Cc1ccccc1CN(C(=O)CCC(=O)N[C@H](C(=O)N[C@@H](CCCNC(N)=O)C(=O)Nc1ccc(COC(=O)Nc2cccc(C(C)(C)[C@H](NC)C(=O)N[C@H](C(=O)N(C)[C@H](/C=C(\C)C(=O)O)C(C)C)C(C)(C)C)c2)cc1)C(C)C)c1ccccc1CC. The van der Waals surface area contributed by atoms with Crippen LogP contribution in [-0.4, -0.2) is 114 Å². The van der Waals surface area contributed by atoms with Gasteiger partial charge in [0.15, 0.2) is 0 Å². The molecule has 21 heteroatoms. The zero-order chi connectivity index (χ0) is 65.6. The minimum Gasteiger partial charge on any atom is -0.478 e. The van der Waals surface area contributed by atoms with Gasteiger partial charge in [0, 0.05) is 54.5 Å². The van der Waals surface area contributed by atoms with Crippen molar-refractivity contribution in [3.05, 3.63) is 143 Å². The lowest BCUT2D eigenvalue weighted by Gasteiger charge is -2.40. The predicted octanol–water partition coefficient (Wildman–Crippen LogP) is 8.58. The summed E-state index contributed by atoms with van der Waals surface area (Å²) < 4.78 is 5.56. The lowest BCUT2D eigenvalue weighted by atomic mass is 9.76. The Balaban J connectivity index is 1.40. The fourth-order valence-electron chi connectivity index (χ4n) is 10.1. The van der Waals surface area contributed by atoms with Crippen LogP contribution < -0.4 is 47.9 Å². The largest absolute Gasteiger partial charge is 0.478 e. The molecule has 0 bridgehead atoms.